The highest BCUT2D eigenvalue weighted by Gasteiger charge is 2.32. The molecule has 2 heterocycles. The summed E-state index contributed by atoms with van der Waals surface area (Å²) in [5.41, 5.74) is 3.69. The third kappa shape index (κ3) is 3.89. The largest absolute Gasteiger partial charge is 0.496 e. The molecule has 2 aromatic carbocycles. The van der Waals surface area contributed by atoms with Crippen LogP contribution in [-0.4, -0.2) is 42.3 Å². The summed E-state index contributed by atoms with van der Waals surface area (Å²) in [6.45, 7) is 3.18. The van der Waals surface area contributed by atoms with Crippen LogP contribution in [-0.2, 0) is 11.3 Å². The van der Waals surface area contributed by atoms with Crippen LogP contribution in [0.5, 0.6) is 11.5 Å². The molecule has 0 radical (unpaired) electrons. The first-order valence-corrected chi connectivity index (χ1v) is 9.96. The number of nitrogens with one attached hydrogen (secondary N) is 1. The van der Waals surface area contributed by atoms with Crippen LogP contribution in [0.4, 0.5) is 5.69 Å². The molecule has 1 fully saturated rings. The average Bonchev–Trinajstić information content (AvgIpc) is 3.37. The van der Waals surface area contributed by atoms with Crippen LogP contribution in [0.3, 0.4) is 0 Å². The Kier molecular flexibility index (Phi) is 5.72. The molecular formula is C23H26N4O3. The number of amides is 1. The number of carbonyl (C=O) groups excluding carboxylic acids is 1. The molecule has 0 aliphatic carbocycles. The number of rotatable bonds is 7. The van der Waals surface area contributed by atoms with E-state index in [1.807, 2.05) is 65.1 Å². The molecule has 30 heavy (non-hydrogen) atoms. The zero-order valence-electron chi connectivity index (χ0n) is 17.5. The number of para-hydroxylation sites is 1. The van der Waals surface area contributed by atoms with E-state index in [2.05, 4.69) is 10.3 Å². The molecule has 3 aromatic rings. The number of carbonyl (C=O) groups is 1. The first-order valence-electron chi connectivity index (χ1n) is 9.96. The van der Waals surface area contributed by atoms with Gasteiger partial charge in [-0.3, -0.25) is 4.79 Å². The van der Waals surface area contributed by atoms with E-state index < -0.39 is 0 Å². The molecule has 1 N–H and O–H groups in total. The minimum atomic E-state index is -0.225. The fourth-order valence-corrected chi connectivity index (χ4v) is 3.81. The Morgan fingerprint density at radius 2 is 1.93 bits per heavy atom. The van der Waals surface area contributed by atoms with Crippen LogP contribution in [0.15, 0.2) is 55.0 Å². The Balaban J connectivity index is 1.48. The second-order valence-corrected chi connectivity index (χ2v) is 7.30. The fourth-order valence-electron chi connectivity index (χ4n) is 3.81. The summed E-state index contributed by atoms with van der Waals surface area (Å²) in [5, 5.41) is 3.38. The van der Waals surface area contributed by atoms with Gasteiger partial charge in [0.25, 0.3) is 0 Å². The van der Waals surface area contributed by atoms with Gasteiger partial charge < -0.3 is 24.3 Å². The van der Waals surface area contributed by atoms with Crippen molar-refractivity contribution in [1.29, 1.82) is 0 Å². The topological polar surface area (TPSA) is 68.6 Å². The molecule has 1 aliphatic rings. The quantitative estimate of drug-likeness (QED) is 0.653. The highest BCUT2D eigenvalue weighted by Crippen LogP contribution is 2.31. The van der Waals surface area contributed by atoms with Gasteiger partial charge in [-0.25, -0.2) is 4.98 Å². The minimum absolute atomic E-state index is 0.0678. The summed E-state index contributed by atoms with van der Waals surface area (Å²) < 4.78 is 12.9. The lowest BCUT2D eigenvalue weighted by atomic mass is 10.1. The summed E-state index contributed by atoms with van der Waals surface area (Å²) in [6, 6.07) is 13.4. The lowest BCUT2D eigenvalue weighted by Gasteiger charge is -2.19. The minimum Gasteiger partial charge on any atom is -0.496 e. The van der Waals surface area contributed by atoms with Gasteiger partial charge in [0, 0.05) is 36.6 Å². The number of methoxy groups -OCH3 is 2. The third-order valence-corrected chi connectivity index (χ3v) is 5.40. The van der Waals surface area contributed by atoms with Gasteiger partial charge in [0.05, 0.1) is 38.0 Å². The highest BCUT2D eigenvalue weighted by atomic mass is 16.5. The van der Waals surface area contributed by atoms with Crippen LogP contribution < -0.4 is 19.7 Å². The number of hydrogen-bond acceptors (Lipinski definition) is 5. The van der Waals surface area contributed by atoms with Gasteiger partial charge in [-0.1, -0.05) is 18.2 Å². The molecule has 7 nitrogen and oxygen atoms in total. The maximum Gasteiger partial charge on any atom is 0.244 e. The Morgan fingerprint density at radius 1 is 1.13 bits per heavy atom. The second-order valence-electron chi connectivity index (χ2n) is 7.30. The van der Waals surface area contributed by atoms with Crippen LogP contribution >= 0.6 is 0 Å². The molecule has 1 amide bonds. The number of aromatic nitrogens is 2. The normalized spacial score (nSPS) is 16.2. The van der Waals surface area contributed by atoms with Gasteiger partial charge in [0.1, 0.15) is 11.5 Å². The predicted octanol–water partition coefficient (Wildman–Crippen LogP) is 3.09. The van der Waals surface area contributed by atoms with Crippen LogP contribution in [0.1, 0.15) is 17.7 Å². The van der Waals surface area contributed by atoms with Crippen LogP contribution in [0.25, 0.3) is 5.69 Å². The number of benzene rings is 2. The maximum atomic E-state index is 13.0. The molecule has 0 bridgehead atoms. The van der Waals surface area contributed by atoms with Crippen molar-refractivity contribution in [2.24, 2.45) is 0 Å². The van der Waals surface area contributed by atoms with Gasteiger partial charge in [0.15, 0.2) is 0 Å². The summed E-state index contributed by atoms with van der Waals surface area (Å²) in [6.07, 6.45) is 4.45. The molecule has 1 aliphatic heterocycles. The van der Waals surface area contributed by atoms with E-state index in [1.165, 1.54) is 0 Å². The first kappa shape index (κ1) is 20.0. The van der Waals surface area contributed by atoms with Crippen LogP contribution in [0.2, 0.25) is 0 Å². The number of ether oxygens (including phenoxy) is 2. The fraction of sp³-hybridized carbons (Fsp3) is 0.304. The molecular weight excluding hydrogens is 380 g/mol. The summed E-state index contributed by atoms with van der Waals surface area (Å²) in [5.74, 6) is 1.59. The van der Waals surface area contributed by atoms with Gasteiger partial charge in [-0.2, -0.15) is 0 Å². The van der Waals surface area contributed by atoms with E-state index in [1.54, 1.807) is 20.5 Å². The van der Waals surface area contributed by atoms with Crippen molar-refractivity contribution in [3.8, 4) is 17.2 Å². The monoisotopic (exact) mass is 406 g/mol. The molecule has 7 heteroatoms. The number of nitrogens with zero attached hydrogens (tertiary/aromatic N) is 3. The Morgan fingerprint density at radius 3 is 2.67 bits per heavy atom. The molecule has 0 spiro atoms. The summed E-state index contributed by atoms with van der Waals surface area (Å²) in [7, 11) is 3.29. The van der Waals surface area contributed by atoms with Gasteiger partial charge in [-0.15, -0.1) is 0 Å². The second kappa shape index (κ2) is 8.59. The van der Waals surface area contributed by atoms with E-state index in [4.69, 9.17) is 9.47 Å². The number of aryl methyl sites for hydroxylation is 1. The lowest BCUT2D eigenvalue weighted by Crippen LogP contribution is -2.38. The van der Waals surface area contributed by atoms with Crippen molar-refractivity contribution in [3.05, 3.63) is 66.2 Å². The van der Waals surface area contributed by atoms with Crippen molar-refractivity contribution in [2.75, 3.05) is 25.7 Å². The maximum absolute atomic E-state index is 13.0. The third-order valence-electron chi connectivity index (χ3n) is 5.40. The zero-order chi connectivity index (χ0) is 21.1. The highest BCUT2D eigenvalue weighted by molar-refractivity contribution is 5.99. The van der Waals surface area contributed by atoms with E-state index in [9.17, 15) is 4.79 Å². The molecule has 0 saturated carbocycles. The summed E-state index contributed by atoms with van der Waals surface area (Å²) in [4.78, 5) is 19.1. The van der Waals surface area contributed by atoms with Gasteiger partial charge in [0.2, 0.25) is 5.91 Å². The van der Waals surface area contributed by atoms with Gasteiger partial charge in [-0.05, 0) is 31.5 Å². The smallest absolute Gasteiger partial charge is 0.244 e. The number of imidazole rings is 1. The number of anilines is 1. The summed E-state index contributed by atoms with van der Waals surface area (Å²) >= 11 is 0. The van der Waals surface area contributed by atoms with Crippen molar-refractivity contribution in [3.63, 3.8) is 0 Å². The predicted molar refractivity (Wildman–Crippen MR) is 115 cm³/mol. The molecule has 4 rings (SSSR count). The average molecular weight is 406 g/mol. The standard InChI is InChI=1S/C23H26N4O3/c1-16-14-26(15-25-16)20-9-8-18(12-22(20)30-3)27-11-10-19(23(27)28)24-13-17-6-4-5-7-21(17)29-2/h4-9,12,14-15,19,24H,10-11,13H2,1-3H3. The van der Waals surface area contributed by atoms with Crippen molar-refractivity contribution < 1.29 is 14.3 Å². The lowest BCUT2D eigenvalue weighted by molar-refractivity contribution is -0.118. The first-order chi connectivity index (χ1) is 14.6. The van der Waals surface area contributed by atoms with Crippen molar-refractivity contribution in [2.45, 2.75) is 25.9 Å². The van der Waals surface area contributed by atoms with Crippen molar-refractivity contribution >= 4 is 11.6 Å². The van der Waals surface area contributed by atoms with E-state index in [0.717, 1.165) is 34.8 Å². The van der Waals surface area contributed by atoms with Crippen LogP contribution in [0, 0.1) is 6.92 Å². The molecule has 1 atom stereocenters. The molecule has 156 valence electrons. The Hall–Kier alpha value is -3.32. The molecule has 1 unspecified atom stereocenters. The van der Waals surface area contributed by atoms with E-state index >= 15 is 0 Å². The van der Waals surface area contributed by atoms with E-state index in [0.29, 0.717) is 18.8 Å². The SMILES string of the molecule is COc1ccccc1CNC1CCN(c2ccc(-n3cnc(C)c3)c(OC)c2)C1=O. The van der Waals surface area contributed by atoms with Crippen molar-refractivity contribution in [1.82, 2.24) is 14.9 Å². The Labute approximate surface area is 176 Å². The molecule has 1 saturated heterocycles. The number of hydrogen-bond donors (Lipinski definition) is 1. The van der Waals surface area contributed by atoms with Gasteiger partial charge >= 0.3 is 0 Å². The molecule has 1 aromatic heterocycles. The Bertz CT molecular complexity index is 1050. The zero-order valence-corrected chi connectivity index (χ0v) is 17.5. The van der Waals surface area contributed by atoms with E-state index in [-0.39, 0.29) is 11.9 Å².